The average molecular weight is 494 g/mol. The van der Waals surface area contributed by atoms with Crippen LogP contribution in [-0.4, -0.2) is 46.0 Å². The molecule has 35 heavy (non-hydrogen) atoms. The van der Waals surface area contributed by atoms with E-state index in [4.69, 9.17) is 0 Å². The number of carbonyl (C=O) groups is 3. The molecule has 2 aliphatic heterocycles. The van der Waals surface area contributed by atoms with Crippen molar-refractivity contribution in [2.75, 3.05) is 6.54 Å². The lowest BCUT2D eigenvalue weighted by molar-refractivity contribution is -0.132. The minimum absolute atomic E-state index is 0.116. The number of fused-ring (bicyclic) bond motifs is 3. The molecule has 3 atom stereocenters. The van der Waals surface area contributed by atoms with Crippen LogP contribution in [0.15, 0.2) is 54.6 Å². The number of benzene rings is 2. The molecule has 0 radical (unpaired) electrons. The summed E-state index contributed by atoms with van der Waals surface area (Å²) < 4.78 is -0.480. The Balaban J connectivity index is 1.42. The first-order valence-electron chi connectivity index (χ1n) is 12.4. The second-order valence-corrected chi connectivity index (χ2v) is 12.1. The van der Waals surface area contributed by atoms with Gasteiger partial charge in [-0.15, -0.1) is 11.8 Å². The Hall–Kier alpha value is -2.80. The van der Waals surface area contributed by atoms with Crippen molar-refractivity contribution in [1.82, 2.24) is 15.5 Å². The molecule has 6 nitrogen and oxygen atoms in total. The second kappa shape index (κ2) is 10.4. The predicted octanol–water partition coefficient (Wildman–Crippen LogP) is 4.31. The molecule has 0 aromatic heterocycles. The lowest BCUT2D eigenvalue weighted by Crippen LogP contribution is -2.57. The van der Waals surface area contributed by atoms with Crippen molar-refractivity contribution in [2.45, 2.75) is 69.2 Å². The molecule has 1 saturated heterocycles. The van der Waals surface area contributed by atoms with Crippen LogP contribution < -0.4 is 10.6 Å². The fraction of sp³-hybridized carbons (Fsp3) is 0.464. The Labute approximate surface area is 212 Å². The van der Waals surface area contributed by atoms with Crippen molar-refractivity contribution >= 4 is 29.5 Å². The zero-order valence-corrected chi connectivity index (χ0v) is 21.7. The first kappa shape index (κ1) is 25.3. The van der Waals surface area contributed by atoms with E-state index in [1.807, 2.05) is 70.2 Å². The third-order valence-electron chi connectivity index (χ3n) is 6.67. The number of nitrogens with zero attached hydrogens (tertiary/aromatic N) is 1. The summed E-state index contributed by atoms with van der Waals surface area (Å²) in [6, 6.07) is 16.4. The Bertz CT molecular complexity index is 1090. The Morgan fingerprint density at radius 1 is 1.06 bits per heavy atom. The number of rotatable bonds is 9. The summed E-state index contributed by atoms with van der Waals surface area (Å²) in [4.78, 5) is 41.6. The second-order valence-electron chi connectivity index (χ2n) is 10.3. The summed E-state index contributed by atoms with van der Waals surface area (Å²) in [5.41, 5.74) is 2.86. The summed E-state index contributed by atoms with van der Waals surface area (Å²) in [5, 5.41) is 5.83. The highest BCUT2D eigenvalue weighted by Crippen LogP contribution is 2.56. The first-order chi connectivity index (χ1) is 16.7. The molecule has 2 N–H and O–H groups in total. The van der Waals surface area contributed by atoms with E-state index in [0.29, 0.717) is 18.5 Å². The number of nitrogens with one attached hydrogen (secondary N) is 2. The maximum Gasteiger partial charge on any atom is 0.256 e. The van der Waals surface area contributed by atoms with Gasteiger partial charge < -0.3 is 15.5 Å². The standard InChI is InChI=1S/C28H35N3O3S/c1-18(2)17-22(24(32)29-16-10-13-19-11-6-5-7-12-19)30-25(33)23-28(3,4)35-27-21-15-9-8-14-20(21)26(34)31(23)27/h5-9,11-12,14-15,18,22-23,27H,10,13,16-17H2,1-4H3,(H,29,32)(H,30,33)/t22-,23+,27?/m0/s1. The van der Waals surface area contributed by atoms with Crippen LogP contribution in [0.2, 0.25) is 0 Å². The zero-order chi connectivity index (χ0) is 25.2. The van der Waals surface area contributed by atoms with Crippen molar-refractivity contribution in [3.8, 4) is 0 Å². The van der Waals surface area contributed by atoms with E-state index in [0.717, 1.165) is 18.4 Å². The first-order valence-corrected chi connectivity index (χ1v) is 13.3. The molecular formula is C28H35N3O3S. The highest BCUT2D eigenvalue weighted by atomic mass is 32.2. The molecule has 0 spiro atoms. The van der Waals surface area contributed by atoms with Gasteiger partial charge in [0.05, 0.1) is 0 Å². The molecule has 4 rings (SSSR count). The van der Waals surface area contributed by atoms with Crippen molar-refractivity contribution in [2.24, 2.45) is 5.92 Å². The third kappa shape index (κ3) is 5.40. The van der Waals surface area contributed by atoms with Gasteiger partial charge in [0.2, 0.25) is 11.8 Å². The molecule has 7 heteroatoms. The van der Waals surface area contributed by atoms with Crippen molar-refractivity contribution in [3.05, 3.63) is 71.3 Å². The molecule has 186 valence electrons. The van der Waals surface area contributed by atoms with Gasteiger partial charge in [-0.05, 0) is 56.2 Å². The molecule has 0 saturated carbocycles. The highest BCUT2D eigenvalue weighted by Gasteiger charge is 2.57. The number of amides is 3. The normalized spacial score (nSPS) is 20.9. The molecule has 2 aliphatic rings. The number of hydrogen-bond acceptors (Lipinski definition) is 4. The quantitative estimate of drug-likeness (QED) is 0.510. The molecule has 1 fully saturated rings. The van der Waals surface area contributed by atoms with Crippen LogP contribution >= 0.6 is 11.8 Å². The highest BCUT2D eigenvalue weighted by molar-refractivity contribution is 8.01. The van der Waals surface area contributed by atoms with Crippen LogP contribution in [0.1, 0.15) is 67.4 Å². The smallest absolute Gasteiger partial charge is 0.256 e. The van der Waals surface area contributed by atoms with Gasteiger partial charge in [0.15, 0.2) is 0 Å². The maximum atomic E-state index is 13.6. The molecule has 0 aliphatic carbocycles. The van der Waals surface area contributed by atoms with Gasteiger partial charge in [-0.1, -0.05) is 62.4 Å². The van der Waals surface area contributed by atoms with E-state index in [1.54, 1.807) is 16.7 Å². The van der Waals surface area contributed by atoms with E-state index >= 15 is 0 Å². The molecule has 3 amide bonds. The van der Waals surface area contributed by atoms with E-state index < -0.39 is 16.8 Å². The van der Waals surface area contributed by atoms with Crippen molar-refractivity contribution < 1.29 is 14.4 Å². The topological polar surface area (TPSA) is 78.5 Å². The number of carbonyl (C=O) groups excluding carboxylic acids is 3. The van der Waals surface area contributed by atoms with Gasteiger partial charge in [0, 0.05) is 16.9 Å². The SMILES string of the molecule is CC(C)C[C@H](NC(=O)[C@H]1N2C(=O)c3ccccc3C2SC1(C)C)C(=O)NCCCc1ccccc1. The van der Waals surface area contributed by atoms with E-state index in [9.17, 15) is 14.4 Å². The van der Waals surface area contributed by atoms with Gasteiger partial charge in [-0.3, -0.25) is 14.4 Å². The van der Waals surface area contributed by atoms with Crippen LogP contribution in [0.3, 0.4) is 0 Å². The molecule has 2 aromatic carbocycles. The van der Waals surface area contributed by atoms with Gasteiger partial charge in [0.1, 0.15) is 17.5 Å². The van der Waals surface area contributed by atoms with E-state index in [2.05, 4.69) is 22.8 Å². The van der Waals surface area contributed by atoms with Gasteiger partial charge in [-0.25, -0.2) is 0 Å². The van der Waals surface area contributed by atoms with Crippen LogP contribution in [0.4, 0.5) is 0 Å². The van der Waals surface area contributed by atoms with E-state index in [-0.39, 0.29) is 29.0 Å². The summed E-state index contributed by atoms with van der Waals surface area (Å²) in [5.74, 6) is -0.325. The van der Waals surface area contributed by atoms with Crippen LogP contribution in [0.25, 0.3) is 0 Å². The molecule has 2 aromatic rings. The minimum atomic E-state index is -0.655. The zero-order valence-electron chi connectivity index (χ0n) is 20.9. The lowest BCUT2D eigenvalue weighted by Gasteiger charge is -2.31. The van der Waals surface area contributed by atoms with Gasteiger partial charge in [-0.2, -0.15) is 0 Å². The average Bonchev–Trinajstić information content (AvgIpc) is 3.25. The predicted molar refractivity (Wildman–Crippen MR) is 140 cm³/mol. The Morgan fingerprint density at radius 3 is 2.46 bits per heavy atom. The molecule has 2 heterocycles. The fourth-order valence-electron chi connectivity index (χ4n) is 5.03. The number of aryl methyl sites for hydroxylation is 1. The summed E-state index contributed by atoms with van der Waals surface area (Å²) in [6.45, 7) is 8.61. The molecule has 1 unspecified atom stereocenters. The Kier molecular flexibility index (Phi) is 7.55. The largest absolute Gasteiger partial charge is 0.354 e. The monoisotopic (exact) mass is 493 g/mol. The number of hydrogen-bond donors (Lipinski definition) is 2. The van der Waals surface area contributed by atoms with Gasteiger partial charge >= 0.3 is 0 Å². The van der Waals surface area contributed by atoms with Gasteiger partial charge in [0.25, 0.3) is 5.91 Å². The molecule has 0 bridgehead atoms. The van der Waals surface area contributed by atoms with Crippen LogP contribution in [0.5, 0.6) is 0 Å². The molecular weight excluding hydrogens is 458 g/mol. The maximum absolute atomic E-state index is 13.6. The fourth-order valence-corrected chi connectivity index (χ4v) is 6.62. The Morgan fingerprint density at radius 2 is 1.74 bits per heavy atom. The summed E-state index contributed by atoms with van der Waals surface area (Å²) >= 11 is 1.63. The third-order valence-corrected chi connectivity index (χ3v) is 8.20. The summed E-state index contributed by atoms with van der Waals surface area (Å²) in [7, 11) is 0. The van der Waals surface area contributed by atoms with E-state index in [1.165, 1.54) is 5.56 Å². The van der Waals surface area contributed by atoms with Crippen LogP contribution in [0, 0.1) is 5.92 Å². The summed E-state index contributed by atoms with van der Waals surface area (Å²) in [6.07, 6.45) is 2.25. The lowest BCUT2D eigenvalue weighted by atomic mass is 9.98. The van der Waals surface area contributed by atoms with Crippen LogP contribution in [-0.2, 0) is 16.0 Å². The minimum Gasteiger partial charge on any atom is -0.354 e. The van der Waals surface area contributed by atoms with Crippen molar-refractivity contribution in [1.29, 1.82) is 0 Å². The van der Waals surface area contributed by atoms with Crippen molar-refractivity contribution in [3.63, 3.8) is 0 Å². The number of thioether (sulfide) groups is 1.